The van der Waals surface area contributed by atoms with Crippen molar-refractivity contribution in [2.24, 2.45) is 5.41 Å². The van der Waals surface area contributed by atoms with Crippen molar-refractivity contribution in [2.45, 2.75) is 39.3 Å². The second-order valence-corrected chi connectivity index (χ2v) is 10.2. The van der Waals surface area contributed by atoms with Crippen LogP contribution in [0.25, 0.3) is 11.3 Å². The summed E-state index contributed by atoms with van der Waals surface area (Å²) in [4.78, 5) is 46.4. The van der Waals surface area contributed by atoms with Gasteiger partial charge in [0.2, 0.25) is 0 Å². The van der Waals surface area contributed by atoms with E-state index in [-0.39, 0.29) is 24.5 Å². The third-order valence-corrected chi connectivity index (χ3v) is 7.47. The van der Waals surface area contributed by atoms with Crippen LogP contribution in [0.2, 0.25) is 0 Å². The number of carboxylic acid groups (broad SMARTS) is 1. The maximum Gasteiger partial charge on any atom is 0.309 e. The van der Waals surface area contributed by atoms with E-state index in [1.54, 1.807) is 19.2 Å². The number of nitrogens with zero attached hydrogens (tertiary/aromatic N) is 5. The van der Waals surface area contributed by atoms with Crippen LogP contribution >= 0.6 is 0 Å². The summed E-state index contributed by atoms with van der Waals surface area (Å²) in [5.41, 5.74) is 2.53. The summed E-state index contributed by atoms with van der Waals surface area (Å²) in [7, 11) is 0. The number of rotatable bonds is 7. The molecule has 1 unspecified atom stereocenters. The van der Waals surface area contributed by atoms with Gasteiger partial charge in [-0.15, -0.1) is 0 Å². The zero-order valence-corrected chi connectivity index (χ0v) is 21.8. The van der Waals surface area contributed by atoms with Gasteiger partial charge >= 0.3 is 5.97 Å². The van der Waals surface area contributed by atoms with Crippen LogP contribution in [0.4, 0.5) is 0 Å². The predicted octanol–water partition coefficient (Wildman–Crippen LogP) is 2.67. The number of carbonyl (C=O) groups excluding carboxylic acids is 2. The number of aromatic nitrogens is 5. The summed E-state index contributed by atoms with van der Waals surface area (Å²) in [5.74, 6) is -0.120. The Hall–Kier alpha value is -5.00. The Balaban J connectivity index is 1.15. The monoisotopic (exact) mass is 541 g/mol. The van der Waals surface area contributed by atoms with Crippen molar-refractivity contribution in [3.8, 4) is 11.4 Å². The van der Waals surface area contributed by atoms with E-state index >= 15 is 0 Å². The smallest absolute Gasteiger partial charge is 0.309 e. The van der Waals surface area contributed by atoms with Gasteiger partial charge in [-0.25, -0.2) is 14.5 Å². The number of benzene rings is 1. The molecule has 1 atom stereocenters. The molecule has 2 amide bonds. The number of amides is 2. The minimum atomic E-state index is -0.816. The van der Waals surface area contributed by atoms with Crippen LogP contribution in [0.5, 0.6) is 5.75 Å². The molecule has 4 heterocycles. The molecule has 40 heavy (non-hydrogen) atoms. The first kappa shape index (κ1) is 25.3. The number of carbonyl (C=O) groups is 3. The minimum Gasteiger partial charge on any atom is -0.483 e. The molecular weight excluding hydrogens is 514 g/mol. The number of allylic oxidation sites excluding steroid dienone is 1. The SMILES string of the molecule is CC1(C(=O)O)CC=C(CNC(=O)c2cc(C(=O)NCc3ccc4c(c3)-n3ccnc3CO4)nc3ccnn23)CC1. The second kappa shape index (κ2) is 9.95. The van der Waals surface area contributed by atoms with Crippen LogP contribution in [0.15, 0.2) is 60.6 Å². The lowest BCUT2D eigenvalue weighted by molar-refractivity contribution is -0.148. The molecule has 4 aromatic rings. The summed E-state index contributed by atoms with van der Waals surface area (Å²) in [6.07, 6.45) is 8.49. The molecule has 2 aliphatic rings. The first-order valence-corrected chi connectivity index (χ1v) is 12.9. The molecule has 0 radical (unpaired) electrons. The Labute approximate surface area is 228 Å². The summed E-state index contributed by atoms with van der Waals surface area (Å²) in [6, 6.07) is 8.72. The van der Waals surface area contributed by atoms with Crippen molar-refractivity contribution in [3.05, 3.63) is 83.3 Å². The van der Waals surface area contributed by atoms with Gasteiger partial charge in [0.05, 0.1) is 17.3 Å². The number of hydrogen-bond donors (Lipinski definition) is 3. The largest absolute Gasteiger partial charge is 0.483 e. The van der Waals surface area contributed by atoms with Gasteiger partial charge in [0.1, 0.15) is 23.7 Å². The van der Waals surface area contributed by atoms with Crippen LogP contribution in [0.3, 0.4) is 0 Å². The molecule has 12 heteroatoms. The van der Waals surface area contributed by atoms with Crippen molar-refractivity contribution >= 4 is 23.4 Å². The molecule has 0 saturated heterocycles. The summed E-state index contributed by atoms with van der Waals surface area (Å²) >= 11 is 0. The summed E-state index contributed by atoms with van der Waals surface area (Å²) in [6.45, 7) is 2.65. The number of ether oxygens (including phenoxy) is 1. The molecule has 204 valence electrons. The maximum atomic E-state index is 13.1. The van der Waals surface area contributed by atoms with Crippen LogP contribution in [-0.4, -0.2) is 53.6 Å². The van der Waals surface area contributed by atoms with Crippen LogP contribution in [0, 0.1) is 5.41 Å². The zero-order valence-electron chi connectivity index (χ0n) is 21.8. The molecule has 1 aliphatic carbocycles. The van der Waals surface area contributed by atoms with Crippen LogP contribution in [-0.2, 0) is 17.9 Å². The van der Waals surface area contributed by atoms with Crippen molar-refractivity contribution in [1.82, 2.24) is 34.8 Å². The Kier molecular flexibility index (Phi) is 6.29. The van der Waals surface area contributed by atoms with Crippen molar-refractivity contribution < 1.29 is 24.2 Å². The molecule has 6 rings (SSSR count). The van der Waals surface area contributed by atoms with E-state index in [0.717, 1.165) is 28.4 Å². The van der Waals surface area contributed by atoms with Gasteiger partial charge in [-0.1, -0.05) is 17.7 Å². The van der Waals surface area contributed by atoms with Gasteiger partial charge in [-0.3, -0.25) is 19.0 Å². The van der Waals surface area contributed by atoms with E-state index in [0.29, 0.717) is 31.5 Å². The van der Waals surface area contributed by atoms with Crippen molar-refractivity contribution in [3.63, 3.8) is 0 Å². The summed E-state index contributed by atoms with van der Waals surface area (Å²) < 4.78 is 9.09. The van der Waals surface area contributed by atoms with Gasteiger partial charge in [0, 0.05) is 37.6 Å². The first-order chi connectivity index (χ1) is 19.3. The minimum absolute atomic E-state index is 0.0884. The van der Waals surface area contributed by atoms with E-state index in [9.17, 15) is 19.5 Å². The normalized spacial score (nSPS) is 17.8. The number of fused-ring (bicyclic) bond motifs is 4. The van der Waals surface area contributed by atoms with Gasteiger partial charge in [0.15, 0.2) is 11.5 Å². The van der Waals surface area contributed by atoms with E-state index < -0.39 is 23.2 Å². The number of hydrogen-bond acceptors (Lipinski definition) is 7. The first-order valence-electron chi connectivity index (χ1n) is 12.9. The molecule has 1 aromatic carbocycles. The second-order valence-electron chi connectivity index (χ2n) is 10.2. The molecular formula is C28H27N7O5. The van der Waals surface area contributed by atoms with Gasteiger partial charge in [-0.05, 0) is 43.9 Å². The Morgan fingerprint density at radius 1 is 1.10 bits per heavy atom. The molecule has 12 nitrogen and oxygen atoms in total. The van der Waals surface area contributed by atoms with Gasteiger partial charge in [0.25, 0.3) is 11.8 Å². The predicted molar refractivity (Wildman–Crippen MR) is 142 cm³/mol. The molecule has 3 N–H and O–H groups in total. The molecule has 0 saturated carbocycles. The van der Waals surface area contributed by atoms with E-state index in [1.807, 2.05) is 35.0 Å². The lowest BCUT2D eigenvalue weighted by Gasteiger charge is -2.28. The zero-order chi connectivity index (χ0) is 27.9. The fourth-order valence-electron chi connectivity index (χ4n) is 4.90. The molecule has 3 aromatic heterocycles. The average molecular weight is 542 g/mol. The highest BCUT2D eigenvalue weighted by Crippen LogP contribution is 2.35. The van der Waals surface area contributed by atoms with Crippen LogP contribution in [0.1, 0.15) is 58.6 Å². The maximum absolute atomic E-state index is 13.1. The highest BCUT2D eigenvalue weighted by Gasteiger charge is 2.34. The number of nitrogens with one attached hydrogen (secondary N) is 2. The van der Waals surface area contributed by atoms with E-state index in [4.69, 9.17) is 4.74 Å². The number of imidazole rings is 1. The van der Waals surface area contributed by atoms with Gasteiger partial charge < -0.3 is 20.5 Å². The van der Waals surface area contributed by atoms with Crippen LogP contribution < -0.4 is 15.4 Å². The molecule has 0 bridgehead atoms. The lowest BCUT2D eigenvalue weighted by Crippen LogP contribution is -2.33. The molecule has 1 aliphatic heterocycles. The third kappa shape index (κ3) is 4.68. The Morgan fingerprint density at radius 2 is 1.95 bits per heavy atom. The third-order valence-electron chi connectivity index (χ3n) is 7.47. The fraction of sp³-hybridized carbons (Fsp3) is 0.286. The van der Waals surface area contributed by atoms with E-state index in [1.165, 1.54) is 16.8 Å². The molecule has 0 spiro atoms. The Morgan fingerprint density at radius 3 is 2.75 bits per heavy atom. The highest BCUT2D eigenvalue weighted by molar-refractivity contribution is 5.98. The Bertz CT molecular complexity index is 1690. The van der Waals surface area contributed by atoms with Crippen molar-refractivity contribution in [1.29, 1.82) is 0 Å². The molecule has 0 fully saturated rings. The highest BCUT2D eigenvalue weighted by atomic mass is 16.5. The standard InChI is InChI=1S/C28H27N7O5/c1-28(27(38)39)7-4-17(5-8-28)14-31-26(37)21-13-19(33-23-6-9-32-35(21)23)25(36)30-15-18-2-3-22-20(12-18)34-11-10-29-24(34)16-40-22/h2-4,6,9-13H,5,7-8,14-16H2,1H3,(H,30,36)(H,31,37)(H,38,39). The topological polar surface area (TPSA) is 153 Å². The van der Waals surface area contributed by atoms with Crippen molar-refractivity contribution in [2.75, 3.05) is 6.54 Å². The van der Waals surface area contributed by atoms with Gasteiger partial charge in [-0.2, -0.15) is 5.10 Å². The number of aliphatic carboxylic acids is 1. The summed E-state index contributed by atoms with van der Waals surface area (Å²) in [5, 5.41) is 19.4. The van der Waals surface area contributed by atoms with E-state index in [2.05, 4.69) is 25.7 Å². The average Bonchev–Trinajstić information content (AvgIpc) is 3.64. The lowest BCUT2D eigenvalue weighted by atomic mass is 9.76. The quantitative estimate of drug-likeness (QED) is 0.302. The number of carboxylic acids is 1. The fourth-order valence-corrected chi connectivity index (χ4v) is 4.90.